The molecule has 0 N–H and O–H groups in total. The van der Waals surface area contributed by atoms with Gasteiger partial charge in [0.05, 0.1) is 17.4 Å². The summed E-state index contributed by atoms with van der Waals surface area (Å²) in [7, 11) is 1.98. The molecule has 2 aromatic rings. The van der Waals surface area contributed by atoms with Crippen LogP contribution in [0.25, 0.3) is 6.08 Å². The molecule has 1 aliphatic heterocycles. The lowest BCUT2D eigenvalue weighted by atomic mass is 10.1. The van der Waals surface area contributed by atoms with E-state index in [1.54, 1.807) is 6.08 Å². The number of anilines is 2. The number of aliphatic carboxylic acids is 1. The number of hydrogen-bond acceptors (Lipinski definition) is 6. The summed E-state index contributed by atoms with van der Waals surface area (Å²) in [5, 5.41) is 10.7. The second kappa shape index (κ2) is 7.72. The minimum Gasteiger partial charge on any atom is -0.548 e. The minimum absolute atomic E-state index is 0.228. The van der Waals surface area contributed by atoms with Crippen molar-refractivity contribution in [2.75, 3.05) is 18.5 Å². The van der Waals surface area contributed by atoms with Gasteiger partial charge in [-0.25, -0.2) is 0 Å². The summed E-state index contributed by atoms with van der Waals surface area (Å²) in [6.45, 7) is -0.525. The number of para-hydroxylation sites is 1. The van der Waals surface area contributed by atoms with Gasteiger partial charge in [0, 0.05) is 18.4 Å². The quantitative estimate of drug-likeness (QED) is 0.584. The molecule has 3 rings (SSSR count). The summed E-state index contributed by atoms with van der Waals surface area (Å²) in [6.07, 6.45) is 1.71. The summed E-state index contributed by atoms with van der Waals surface area (Å²) < 4.78 is 0.228. The van der Waals surface area contributed by atoms with E-state index in [1.807, 2.05) is 61.6 Å². The van der Waals surface area contributed by atoms with Crippen LogP contribution in [-0.4, -0.2) is 34.7 Å². The lowest BCUT2D eigenvalue weighted by molar-refractivity contribution is -0.305. The minimum atomic E-state index is -1.34. The van der Waals surface area contributed by atoms with Crippen LogP contribution in [0.5, 0.6) is 0 Å². The highest BCUT2D eigenvalue weighted by Gasteiger charge is 2.31. The van der Waals surface area contributed by atoms with Gasteiger partial charge >= 0.3 is 0 Å². The van der Waals surface area contributed by atoms with E-state index in [2.05, 4.69) is 4.90 Å². The molecule has 1 aliphatic rings. The van der Waals surface area contributed by atoms with Crippen LogP contribution in [0.4, 0.5) is 11.4 Å². The van der Waals surface area contributed by atoms with Crippen LogP contribution in [0.2, 0.25) is 0 Å². The van der Waals surface area contributed by atoms with Crippen molar-refractivity contribution >= 4 is 57.6 Å². The fraction of sp³-hybridized carbons (Fsp3) is 0.105. The van der Waals surface area contributed by atoms with E-state index in [1.165, 1.54) is 0 Å². The Morgan fingerprint density at radius 2 is 1.77 bits per heavy atom. The number of carboxylic acid groups (broad SMARTS) is 1. The van der Waals surface area contributed by atoms with Crippen molar-refractivity contribution in [3.63, 3.8) is 0 Å². The molecule has 1 heterocycles. The number of carbonyl (C=O) groups is 2. The molecule has 2 aromatic carbocycles. The van der Waals surface area contributed by atoms with Crippen LogP contribution in [-0.2, 0) is 9.59 Å². The monoisotopic (exact) mass is 383 g/mol. The SMILES string of the molecule is CN(c1ccccc1)c1ccc(/C=C2/SC(=S)N(CC(=O)[O-])C2=O)cc1. The predicted molar refractivity (Wildman–Crippen MR) is 106 cm³/mol. The first kappa shape index (κ1) is 18.2. The fourth-order valence-corrected chi connectivity index (χ4v) is 3.77. The van der Waals surface area contributed by atoms with Crippen LogP contribution in [0, 0.1) is 0 Å². The molecule has 0 unspecified atom stereocenters. The number of thiocarbonyl (C=S) groups is 1. The molecule has 0 atom stereocenters. The molecular formula is C19H15N2O3S2-. The Balaban J connectivity index is 1.77. The molecule has 0 bridgehead atoms. The van der Waals surface area contributed by atoms with Crippen LogP contribution in [0.1, 0.15) is 5.56 Å². The molecule has 0 radical (unpaired) electrons. The number of amides is 1. The maximum atomic E-state index is 12.3. The Labute approximate surface area is 160 Å². The molecule has 5 nitrogen and oxygen atoms in total. The number of hydrogen-bond donors (Lipinski definition) is 0. The maximum absolute atomic E-state index is 12.3. The molecule has 132 valence electrons. The summed E-state index contributed by atoms with van der Waals surface area (Å²) >= 11 is 6.16. The van der Waals surface area contributed by atoms with Gasteiger partial charge in [0.1, 0.15) is 4.32 Å². The molecule has 0 spiro atoms. The topological polar surface area (TPSA) is 63.7 Å². The standard InChI is InChI=1S/C19H16N2O3S2/c1-20(14-5-3-2-4-6-14)15-9-7-13(8-10-15)11-16-18(24)21(12-17(22)23)19(25)26-16/h2-11H,12H2,1H3,(H,22,23)/p-1/b16-11+. The van der Waals surface area contributed by atoms with Crippen molar-refractivity contribution in [1.82, 2.24) is 4.90 Å². The third kappa shape index (κ3) is 3.95. The Bertz CT molecular complexity index is 879. The van der Waals surface area contributed by atoms with Crippen LogP contribution >= 0.6 is 24.0 Å². The average molecular weight is 383 g/mol. The molecule has 1 fully saturated rings. The zero-order valence-corrected chi connectivity index (χ0v) is 15.5. The number of benzene rings is 2. The summed E-state index contributed by atoms with van der Waals surface area (Å²) in [5.74, 6) is -1.74. The van der Waals surface area contributed by atoms with Gasteiger partial charge in [-0.2, -0.15) is 0 Å². The molecule has 0 aliphatic carbocycles. The lowest BCUT2D eigenvalue weighted by Crippen LogP contribution is -2.40. The van der Waals surface area contributed by atoms with E-state index in [-0.39, 0.29) is 4.32 Å². The highest BCUT2D eigenvalue weighted by Crippen LogP contribution is 2.32. The fourth-order valence-electron chi connectivity index (χ4n) is 2.51. The second-order valence-corrected chi connectivity index (χ2v) is 7.30. The summed E-state index contributed by atoms with van der Waals surface area (Å²) in [6, 6.07) is 17.7. The van der Waals surface area contributed by atoms with Gasteiger partial charge in [-0.15, -0.1) is 0 Å². The van der Waals surface area contributed by atoms with Gasteiger partial charge in [0.25, 0.3) is 5.91 Å². The maximum Gasteiger partial charge on any atom is 0.266 e. The van der Waals surface area contributed by atoms with Gasteiger partial charge in [-0.1, -0.05) is 54.3 Å². The van der Waals surface area contributed by atoms with E-state index in [0.29, 0.717) is 4.91 Å². The number of carboxylic acids is 1. The van der Waals surface area contributed by atoms with E-state index >= 15 is 0 Å². The predicted octanol–water partition coefficient (Wildman–Crippen LogP) is 2.41. The van der Waals surface area contributed by atoms with E-state index in [9.17, 15) is 14.7 Å². The number of nitrogens with zero attached hydrogens (tertiary/aromatic N) is 2. The smallest absolute Gasteiger partial charge is 0.266 e. The molecule has 7 heteroatoms. The van der Waals surface area contributed by atoms with E-state index < -0.39 is 18.4 Å². The lowest BCUT2D eigenvalue weighted by Gasteiger charge is -2.19. The van der Waals surface area contributed by atoms with Crippen LogP contribution in [0.3, 0.4) is 0 Å². The number of thioether (sulfide) groups is 1. The van der Waals surface area contributed by atoms with Gasteiger partial charge in [0.2, 0.25) is 0 Å². The van der Waals surface area contributed by atoms with E-state index in [4.69, 9.17) is 12.2 Å². The molecule has 26 heavy (non-hydrogen) atoms. The summed E-state index contributed by atoms with van der Waals surface area (Å²) in [5.41, 5.74) is 2.92. The Morgan fingerprint density at radius 1 is 1.15 bits per heavy atom. The Morgan fingerprint density at radius 3 is 2.38 bits per heavy atom. The van der Waals surface area contributed by atoms with Crippen LogP contribution in [0.15, 0.2) is 59.5 Å². The van der Waals surface area contributed by atoms with Crippen molar-refractivity contribution in [3.8, 4) is 0 Å². The number of rotatable bonds is 5. The van der Waals surface area contributed by atoms with Crippen molar-refractivity contribution in [1.29, 1.82) is 0 Å². The van der Waals surface area contributed by atoms with Crippen LogP contribution < -0.4 is 10.0 Å². The Kier molecular flexibility index (Phi) is 5.39. The first-order valence-electron chi connectivity index (χ1n) is 7.80. The van der Waals surface area contributed by atoms with Gasteiger partial charge < -0.3 is 14.8 Å². The summed E-state index contributed by atoms with van der Waals surface area (Å²) in [4.78, 5) is 26.5. The van der Waals surface area contributed by atoms with E-state index in [0.717, 1.165) is 33.6 Å². The molecular weight excluding hydrogens is 368 g/mol. The highest BCUT2D eigenvalue weighted by atomic mass is 32.2. The van der Waals surface area contributed by atoms with Crippen molar-refractivity contribution in [2.45, 2.75) is 0 Å². The van der Waals surface area contributed by atoms with Gasteiger partial charge in [-0.3, -0.25) is 9.69 Å². The second-order valence-electron chi connectivity index (χ2n) is 5.63. The molecule has 0 saturated carbocycles. The van der Waals surface area contributed by atoms with Gasteiger partial charge in [-0.05, 0) is 35.9 Å². The third-order valence-electron chi connectivity index (χ3n) is 3.88. The average Bonchev–Trinajstić information content (AvgIpc) is 2.89. The molecule has 0 aromatic heterocycles. The van der Waals surface area contributed by atoms with Gasteiger partial charge in [0.15, 0.2) is 0 Å². The first-order chi connectivity index (χ1) is 12.5. The normalized spacial score (nSPS) is 15.6. The first-order valence-corrected chi connectivity index (χ1v) is 9.02. The van der Waals surface area contributed by atoms with Crippen molar-refractivity contribution in [3.05, 3.63) is 65.1 Å². The van der Waals surface area contributed by atoms with Crippen molar-refractivity contribution < 1.29 is 14.7 Å². The highest BCUT2D eigenvalue weighted by molar-refractivity contribution is 8.26. The third-order valence-corrected chi connectivity index (χ3v) is 5.26. The Hall–Kier alpha value is -2.64. The molecule has 1 saturated heterocycles. The van der Waals surface area contributed by atoms with Crippen molar-refractivity contribution in [2.24, 2.45) is 0 Å². The zero-order chi connectivity index (χ0) is 18.7. The molecule has 1 amide bonds. The zero-order valence-electron chi connectivity index (χ0n) is 13.9. The largest absolute Gasteiger partial charge is 0.548 e. The number of carbonyl (C=O) groups excluding carboxylic acids is 2.